The molecule has 140 valence electrons. The summed E-state index contributed by atoms with van der Waals surface area (Å²) in [5.41, 5.74) is 4.23. The van der Waals surface area contributed by atoms with E-state index in [0.717, 1.165) is 22.3 Å². The van der Waals surface area contributed by atoms with E-state index in [4.69, 9.17) is 11.6 Å². The lowest BCUT2D eigenvalue weighted by molar-refractivity contribution is 0.625. The van der Waals surface area contributed by atoms with Gasteiger partial charge in [-0.15, -0.1) is 0 Å². The maximum Gasteiger partial charge on any atom is 0.123 e. The number of hydrogen-bond acceptors (Lipinski definition) is 2. The Morgan fingerprint density at radius 1 is 0.556 bits per heavy atom. The molecule has 0 heterocycles. The van der Waals surface area contributed by atoms with Gasteiger partial charge in [0.25, 0.3) is 0 Å². The minimum Gasteiger partial charge on any atom is -0.309 e. The van der Waals surface area contributed by atoms with Crippen molar-refractivity contribution in [2.24, 2.45) is 0 Å². The zero-order valence-electron chi connectivity index (χ0n) is 14.8. The van der Waals surface area contributed by atoms with E-state index >= 15 is 0 Å². The van der Waals surface area contributed by atoms with Gasteiger partial charge >= 0.3 is 0 Å². The summed E-state index contributed by atoms with van der Waals surface area (Å²) in [6.45, 7) is 2.65. The standard InChI is InChI=1S/C22H21ClF2N2/c23-20-10-18(14-26-12-16-1-5-21(24)6-2-16)9-19(11-20)15-27-13-17-3-7-22(25)8-4-17/h1-11,26-27H,12-15H2. The molecule has 0 saturated carbocycles. The van der Waals surface area contributed by atoms with Gasteiger partial charge < -0.3 is 10.6 Å². The van der Waals surface area contributed by atoms with Gasteiger partial charge in [-0.25, -0.2) is 8.78 Å². The topological polar surface area (TPSA) is 24.1 Å². The molecule has 0 spiro atoms. The number of benzene rings is 3. The molecular weight excluding hydrogens is 366 g/mol. The molecule has 0 aliphatic heterocycles. The average Bonchev–Trinajstić information content (AvgIpc) is 2.65. The van der Waals surface area contributed by atoms with E-state index in [1.807, 2.05) is 12.1 Å². The van der Waals surface area contributed by atoms with Gasteiger partial charge in [0.05, 0.1) is 0 Å². The van der Waals surface area contributed by atoms with E-state index in [9.17, 15) is 8.78 Å². The second kappa shape index (κ2) is 9.60. The van der Waals surface area contributed by atoms with Crippen molar-refractivity contribution in [2.45, 2.75) is 26.2 Å². The van der Waals surface area contributed by atoms with E-state index < -0.39 is 0 Å². The van der Waals surface area contributed by atoms with E-state index in [0.29, 0.717) is 31.2 Å². The lowest BCUT2D eigenvalue weighted by atomic mass is 10.1. The Labute approximate surface area is 163 Å². The molecular formula is C22H21ClF2N2. The monoisotopic (exact) mass is 386 g/mol. The highest BCUT2D eigenvalue weighted by atomic mass is 35.5. The van der Waals surface area contributed by atoms with Crippen LogP contribution in [0.3, 0.4) is 0 Å². The fourth-order valence-electron chi connectivity index (χ4n) is 2.83. The second-order valence-electron chi connectivity index (χ2n) is 6.43. The third-order valence-corrected chi connectivity index (χ3v) is 4.38. The summed E-state index contributed by atoms with van der Waals surface area (Å²) in [6, 6.07) is 18.9. The quantitative estimate of drug-likeness (QED) is 0.556. The van der Waals surface area contributed by atoms with Crippen LogP contribution in [0.2, 0.25) is 5.02 Å². The van der Waals surface area contributed by atoms with Crippen molar-refractivity contribution in [2.75, 3.05) is 0 Å². The molecule has 5 heteroatoms. The van der Waals surface area contributed by atoms with Crippen molar-refractivity contribution in [3.05, 3.63) is 106 Å². The molecule has 2 N–H and O–H groups in total. The number of rotatable bonds is 8. The van der Waals surface area contributed by atoms with E-state index in [1.165, 1.54) is 24.3 Å². The van der Waals surface area contributed by atoms with Gasteiger partial charge in [0.1, 0.15) is 11.6 Å². The van der Waals surface area contributed by atoms with Crippen LogP contribution in [-0.2, 0) is 26.2 Å². The van der Waals surface area contributed by atoms with Crippen LogP contribution in [0.4, 0.5) is 8.78 Å². The summed E-state index contributed by atoms with van der Waals surface area (Å²) in [5, 5.41) is 7.37. The molecule has 0 bridgehead atoms. The van der Waals surface area contributed by atoms with Gasteiger partial charge in [0.15, 0.2) is 0 Å². The van der Waals surface area contributed by atoms with Gasteiger partial charge in [0.2, 0.25) is 0 Å². The first-order chi connectivity index (χ1) is 13.1. The summed E-state index contributed by atoms with van der Waals surface area (Å²) in [5.74, 6) is -0.460. The summed E-state index contributed by atoms with van der Waals surface area (Å²) in [4.78, 5) is 0. The molecule has 27 heavy (non-hydrogen) atoms. The molecule has 0 aliphatic carbocycles. The van der Waals surface area contributed by atoms with Crippen LogP contribution < -0.4 is 10.6 Å². The largest absolute Gasteiger partial charge is 0.309 e. The first kappa shape index (κ1) is 19.5. The molecule has 0 atom stereocenters. The molecule has 0 fully saturated rings. The van der Waals surface area contributed by atoms with Gasteiger partial charge in [-0.2, -0.15) is 0 Å². The van der Waals surface area contributed by atoms with Gasteiger partial charge in [-0.1, -0.05) is 41.9 Å². The average molecular weight is 387 g/mol. The number of nitrogens with one attached hydrogen (secondary N) is 2. The first-order valence-electron chi connectivity index (χ1n) is 8.77. The van der Waals surface area contributed by atoms with Crippen LogP contribution in [0.15, 0.2) is 66.7 Å². The summed E-state index contributed by atoms with van der Waals surface area (Å²) < 4.78 is 25.9. The Morgan fingerprint density at radius 3 is 1.33 bits per heavy atom. The number of hydrogen-bond donors (Lipinski definition) is 2. The van der Waals surface area contributed by atoms with Crippen molar-refractivity contribution < 1.29 is 8.78 Å². The van der Waals surface area contributed by atoms with Crippen molar-refractivity contribution in [3.63, 3.8) is 0 Å². The molecule has 3 rings (SSSR count). The molecule has 3 aromatic rings. The minimum atomic E-state index is -0.230. The SMILES string of the molecule is Fc1ccc(CNCc2cc(Cl)cc(CNCc3ccc(F)cc3)c2)cc1. The third-order valence-electron chi connectivity index (χ3n) is 4.16. The zero-order chi connectivity index (χ0) is 19.1. The zero-order valence-corrected chi connectivity index (χ0v) is 15.6. The number of halogens is 3. The molecule has 0 radical (unpaired) electrons. The minimum absolute atomic E-state index is 0.230. The van der Waals surface area contributed by atoms with Crippen LogP contribution in [0.1, 0.15) is 22.3 Å². The van der Waals surface area contributed by atoms with Gasteiger partial charge in [0, 0.05) is 31.2 Å². The molecule has 0 aromatic heterocycles. The second-order valence-corrected chi connectivity index (χ2v) is 6.86. The van der Waals surface area contributed by atoms with Crippen molar-refractivity contribution in [3.8, 4) is 0 Å². The van der Waals surface area contributed by atoms with Crippen molar-refractivity contribution in [1.29, 1.82) is 0 Å². The highest BCUT2D eigenvalue weighted by molar-refractivity contribution is 6.30. The van der Waals surface area contributed by atoms with Crippen molar-refractivity contribution in [1.82, 2.24) is 10.6 Å². The fraction of sp³-hybridized carbons (Fsp3) is 0.182. The smallest absolute Gasteiger partial charge is 0.123 e. The maximum atomic E-state index is 12.9. The normalized spacial score (nSPS) is 10.9. The third kappa shape index (κ3) is 6.43. The first-order valence-corrected chi connectivity index (χ1v) is 9.15. The summed E-state index contributed by atoms with van der Waals surface area (Å²) >= 11 is 6.24. The van der Waals surface area contributed by atoms with Crippen LogP contribution in [-0.4, -0.2) is 0 Å². The van der Waals surface area contributed by atoms with Crippen LogP contribution in [0.25, 0.3) is 0 Å². The van der Waals surface area contributed by atoms with Crippen molar-refractivity contribution >= 4 is 11.6 Å². The molecule has 2 nitrogen and oxygen atoms in total. The maximum absolute atomic E-state index is 12.9. The Hall–Kier alpha value is -2.27. The Morgan fingerprint density at radius 2 is 0.926 bits per heavy atom. The molecule has 0 unspecified atom stereocenters. The predicted octanol–water partition coefficient (Wildman–Crippen LogP) is 5.20. The molecule has 3 aromatic carbocycles. The van der Waals surface area contributed by atoms with Crippen LogP contribution >= 0.6 is 11.6 Å². The molecule has 0 saturated heterocycles. The fourth-order valence-corrected chi connectivity index (χ4v) is 3.11. The van der Waals surface area contributed by atoms with Crippen LogP contribution in [0, 0.1) is 11.6 Å². The lowest BCUT2D eigenvalue weighted by Gasteiger charge is -2.10. The summed E-state index contributed by atoms with van der Waals surface area (Å²) in [6.07, 6.45) is 0. The van der Waals surface area contributed by atoms with E-state index in [2.05, 4.69) is 16.7 Å². The Kier molecular flexibility index (Phi) is 6.93. The van der Waals surface area contributed by atoms with Gasteiger partial charge in [-0.05, 0) is 58.7 Å². The van der Waals surface area contributed by atoms with E-state index in [1.54, 1.807) is 24.3 Å². The Balaban J connectivity index is 1.50. The highest BCUT2D eigenvalue weighted by Gasteiger charge is 2.02. The van der Waals surface area contributed by atoms with Gasteiger partial charge in [-0.3, -0.25) is 0 Å². The molecule has 0 aliphatic rings. The highest BCUT2D eigenvalue weighted by Crippen LogP contribution is 2.16. The lowest BCUT2D eigenvalue weighted by Crippen LogP contribution is -2.15. The van der Waals surface area contributed by atoms with E-state index in [-0.39, 0.29) is 11.6 Å². The Bertz CT molecular complexity index is 795. The molecule has 0 amide bonds. The summed E-state index contributed by atoms with van der Waals surface area (Å²) in [7, 11) is 0. The van der Waals surface area contributed by atoms with Crippen LogP contribution in [0.5, 0.6) is 0 Å². The predicted molar refractivity (Wildman–Crippen MR) is 105 cm³/mol.